The van der Waals surface area contributed by atoms with E-state index in [1.165, 1.54) is 6.92 Å². The molecule has 1 aromatic carbocycles. The number of carbonyl (C=O) groups is 2. The fourth-order valence-corrected chi connectivity index (χ4v) is 3.45. The number of aryl methyl sites for hydroxylation is 1. The molecule has 4 rings (SSSR count). The lowest BCUT2D eigenvalue weighted by Crippen LogP contribution is -2.53. The first-order valence-electron chi connectivity index (χ1n) is 8.46. The number of nitrogens with one attached hydrogen (secondary N) is 1. The van der Waals surface area contributed by atoms with Gasteiger partial charge in [0.1, 0.15) is 11.6 Å². The van der Waals surface area contributed by atoms with Gasteiger partial charge in [-0.3, -0.25) is 9.59 Å². The van der Waals surface area contributed by atoms with Crippen molar-refractivity contribution in [3.63, 3.8) is 0 Å². The lowest BCUT2D eigenvalue weighted by molar-refractivity contribution is -0.129. The SMILES string of the molecule is CC(=O)N1C[C@@H](C(=O)N[C@@H]2CCc3nccn3C2)Oc2ccccc21. The van der Waals surface area contributed by atoms with Crippen LogP contribution < -0.4 is 15.0 Å². The highest BCUT2D eigenvalue weighted by Gasteiger charge is 2.33. The van der Waals surface area contributed by atoms with Crippen molar-refractivity contribution in [2.75, 3.05) is 11.4 Å². The Balaban J connectivity index is 1.47. The summed E-state index contributed by atoms with van der Waals surface area (Å²) in [6.45, 7) is 2.43. The molecule has 2 aliphatic rings. The van der Waals surface area contributed by atoms with E-state index in [1.807, 2.05) is 24.4 Å². The molecule has 2 atom stereocenters. The largest absolute Gasteiger partial charge is 0.477 e. The molecule has 130 valence electrons. The Hall–Kier alpha value is -2.83. The number of rotatable bonds is 2. The third-order valence-electron chi connectivity index (χ3n) is 4.73. The monoisotopic (exact) mass is 340 g/mol. The summed E-state index contributed by atoms with van der Waals surface area (Å²) in [6, 6.07) is 7.33. The van der Waals surface area contributed by atoms with Crippen LogP contribution in [0.2, 0.25) is 0 Å². The molecular weight excluding hydrogens is 320 g/mol. The van der Waals surface area contributed by atoms with Gasteiger partial charge in [0.15, 0.2) is 6.10 Å². The van der Waals surface area contributed by atoms with Gasteiger partial charge in [-0.15, -0.1) is 0 Å². The van der Waals surface area contributed by atoms with Gasteiger partial charge in [0.05, 0.1) is 12.2 Å². The van der Waals surface area contributed by atoms with Crippen LogP contribution in [0.1, 0.15) is 19.2 Å². The molecule has 0 aliphatic carbocycles. The highest BCUT2D eigenvalue weighted by atomic mass is 16.5. The molecule has 0 fully saturated rings. The Morgan fingerprint density at radius 1 is 1.28 bits per heavy atom. The maximum absolute atomic E-state index is 12.7. The van der Waals surface area contributed by atoms with Crippen LogP contribution in [0.15, 0.2) is 36.7 Å². The zero-order chi connectivity index (χ0) is 17.4. The first-order valence-corrected chi connectivity index (χ1v) is 8.46. The van der Waals surface area contributed by atoms with E-state index in [-0.39, 0.29) is 24.4 Å². The van der Waals surface area contributed by atoms with Crippen LogP contribution in [0, 0.1) is 0 Å². The number of carbonyl (C=O) groups excluding carboxylic acids is 2. The molecule has 0 unspecified atom stereocenters. The van der Waals surface area contributed by atoms with Gasteiger partial charge in [-0.05, 0) is 18.6 Å². The number of fused-ring (bicyclic) bond motifs is 2. The lowest BCUT2D eigenvalue weighted by atomic mass is 10.1. The van der Waals surface area contributed by atoms with E-state index in [0.29, 0.717) is 18.0 Å². The molecule has 2 aliphatic heterocycles. The van der Waals surface area contributed by atoms with E-state index in [2.05, 4.69) is 14.9 Å². The molecule has 0 saturated heterocycles. The number of hydrogen-bond acceptors (Lipinski definition) is 4. The van der Waals surface area contributed by atoms with Crippen molar-refractivity contribution in [3.8, 4) is 5.75 Å². The molecule has 25 heavy (non-hydrogen) atoms. The van der Waals surface area contributed by atoms with Crippen LogP contribution in [0.3, 0.4) is 0 Å². The molecule has 0 spiro atoms. The van der Waals surface area contributed by atoms with E-state index in [9.17, 15) is 9.59 Å². The maximum Gasteiger partial charge on any atom is 0.263 e. The molecule has 2 amide bonds. The van der Waals surface area contributed by atoms with Crippen LogP contribution in [-0.4, -0.2) is 40.1 Å². The summed E-state index contributed by atoms with van der Waals surface area (Å²) >= 11 is 0. The first kappa shape index (κ1) is 15.7. The number of imidazole rings is 1. The number of para-hydroxylation sites is 2. The van der Waals surface area contributed by atoms with Crippen LogP contribution in [0.25, 0.3) is 0 Å². The fourth-order valence-electron chi connectivity index (χ4n) is 3.45. The number of aromatic nitrogens is 2. The normalized spacial score (nSPS) is 21.7. The van der Waals surface area contributed by atoms with E-state index < -0.39 is 6.10 Å². The number of amides is 2. The van der Waals surface area contributed by atoms with Crippen molar-refractivity contribution in [2.45, 2.75) is 38.5 Å². The Bertz CT molecular complexity index is 816. The van der Waals surface area contributed by atoms with Gasteiger partial charge < -0.3 is 19.5 Å². The molecule has 2 aromatic rings. The second-order valence-corrected chi connectivity index (χ2v) is 6.44. The van der Waals surface area contributed by atoms with E-state index in [1.54, 1.807) is 17.2 Å². The van der Waals surface area contributed by atoms with E-state index >= 15 is 0 Å². The van der Waals surface area contributed by atoms with Gasteiger partial charge >= 0.3 is 0 Å². The molecule has 0 radical (unpaired) electrons. The molecule has 0 saturated carbocycles. The standard InChI is InChI=1S/C18H20N4O3/c1-12(23)22-11-16(25-15-5-3-2-4-14(15)22)18(24)20-13-6-7-17-19-8-9-21(17)10-13/h2-5,8-9,13,16H,6-7,10-11H2,1H3,(H,20,24)/t13-,16+/m1/s1. The second-order valence-electron chi connectivity index (χ2n) is 6.44. The summed E-state index contributed by atoms with van der Waals surface area (Å²) in [5.74, 6) is 1.32. The number of hydrogen-bond donors (Lipinski definition) is 1. The topological polar surface area (TPSA) is 76.5 Å². The number of benzene rings is 1. The van der Waals surface area contributed by atoms with Crippen LogP contribution in [-0.2, 0) is 22.6 Å². The van der Waals surface area contributed by atoms with Crippen molar-refractivity contribution in [3.05, 3.63) is 42.5 Å². The van der Waals surface area contributed by atoms with Crippen LogP contribution >= 0.6 is 0 Å². The molecule has 0 bridgehead atoms. The minimum Gasteiger partial charge on any atom is -0.477 e. The molecule has 3 heterocycles. The Morgan fingerprint density at radius 2 is 2.12 bits per heavy atom. The van der Waals surface area contributed by atoms with Gasteiger partial charge in [0, 0.05) is 38.3 Å². The molecule has 7 heteroatoms. The summed E-state index contributed by atoms with van der Waals surface area (Å²) in [5.41, 5.74) is 0.708. The molecule has 1 aromatic heterocycles. The third-order valence-corrected chi connectivity index (χ3v) is 4.73. The van der Waals surface area contributed by atoms with Crippen LogP contribution in [0.5, 0.6) is 5.75 Å². The van der Waals surface area contributed by atoms with E-state index in [0.717, 1.165) is 18.7 Å². The van der Waals surface area contributed by atoms with Crippen molar-refractivity contribution < 1.29 is 14.3 Å². The average molecular weight is 340 g/mol. The summed E-state index contributed by atoms with van der Waals surface area (Å²) in [6.07, 6.45) is 4.70. The molecule has 7 nitrogen and oxygen atoms in total. The Morgan fingerprint density at radius 3 is 2.96 bits per heavy atom. The van der Waals surface area contributed by atoms with Gasteiger partial charge in [0.2, 0.25) is 5.91 Å². The second kappa shape index (κ2) is 6.23. The number of anilines is 1. The smallest absolute Gasteiger partial charge is 0.263 e. The highest BCUT2D eigenvalue weighted by molar-refractivity contribution is 5.95. The number of nitrogens with zero attached hydrogens (tertiary/aromatic N) is 3. The van der Waals surface area contributed by atoms with Crippen molar-refractivity contribution in [1.29, 1.82) is 0 Å². The number of ether oxygens (including phenoxy) is 1. The van der Waals surface area contributed by atoms with Crippen LogP contribution in [0.4, 0.5) is 5.69 Å². The van der Waals surface area contributed by atoms with Crippen molar-refractivity contribution in [2.24, 2.45) is 0 Å². The zero-order valence-corrected chi connectivity index (χ0v) is 14.0. The minimum absolute atomic E-state index is 0.0424. The fraction of sp³-hybridized carbons (Fsp3) is 0.389. The van der Waals surface area contributed by atoms with Gasteiger partial charge in [0.25, 0.3) is 5.91 Å². The lowest BCUT2D eigenvalue weighted by Gasteiger charge is -2.34. The van der Waals surface area contributed by atoms with Gasteiger partial charge in [-0.1, -0.05) is 12.1 Å². The molecule has 1 N–H and O–H groups in total. The predicted molar refractivity (Wildman–Crippen MR) is 91.4 cm³/mol. The predicted octanol–water partition coefficient (Wildman–Crippen LogP) is 1.13. The summed E-state index contributed by atoms with van der Waals surface area (Å²) in [7, 11) is 0. The Kier molecular flexibility index (Phi) is 3.91. The van der Waals surface area contributed by atoms with E-state index in [4.69, 9.17) is 4.74 Å². The first-order chi connectivity index (χ1) is 12.1. The summed E-state index contributed by atoms with van der Waals surface area (Å²) < 4.78 is 7.91. The highest BCUT2D eigenvalue weighted by Crippen LogP contribution is 2.33. The van der Waals surface area contributed by atoms with Gasteiger partial charge in [-0.25, -0.2) is 4.98 Å². The maximum atomic E-state index is 12.7. The third kappa shape index (κ3) is 2.97. The minimum atomic E-state index is -0.706. The Labute approximate surface area is 145 Å². The quantitative estimate of drug-likeness (QED) is 0.889. The van der Waals surface area contributed by atoms with Gasteiger partial charge in [-0.2, -0.15) is 0 Å². The average Bonchev–Trinajstić information content (AvgIpc) is 3.08. The van der Waals surface area contributed by atoms with Crippen molar-refractivity contribution in [1.82, 2.24) is 14.9 Å². The molecular formula is C18H20N4O3. The zero-order valence-electron chi connectivity index (χ0n) is 14.0. The summed E-state index contributed by atoms with van der Waals surface area (Å²) in [5, 5.41) is 3.06. The van der Waals surface area contributed by atoms with Crippen molar-refractivity contribution >= 4 is 17.5 Å². The summed E-state index contributed by atoms with van der Waals surface area (Å²) in [4.78, 5) is 30.5.